The minimum absolute atomic E-state index is 0.0586. The number of benzene rings is 1. The van der Waals surface area contributed by atoms with Crippen LogP contribution in [0.15, 0.2) is 24.3 Å². The molecule has 120 valence electrons. The maximum atomic E-state index is 12.3. The Morgan fingerprint density at radius 2 is 1.95 bits per heavy atom. The molecule has 0 aliphatic rings. The van der Waals surface area contributed by atoms with Gasteiger partial charge < -0.3 is 9.88 Å². The summed E-state index contributed by atoms with van der Waals surface area (Å²) in [6, 6.07) is 8.16. The number of aromatic nitrogens is 2. The molecular weight excluding hydrogens is 274 g/mol. The van der Waals surface area contributed by atoms with Crippen molar-refractivity contribution in [2.75, 3.05) is 0 Å². The first-order valence-electron chi connectivity index (χ1n) is 8.18. The van der Waals surface area contributed by atoms with Gasteiger partial charge in [0.2, 0.25) is 5.91 Å². The van der Waals surface area contributed by atoms with Crippen molar-refractivity contribution in [3.8, 4) is 0 Å². The normalized spacial score (nSPS) is 12.8. The third kappa shape index (κ3) is 4.33. The van der Waals surface area contributed by atoms with Gasteiger partial charge in [-0.05, 0) is 38.3 Å². The molecule has 22 heavy (non-hydrogen) atoms. The highest BCUT2D eigenvalue weighted by molar-refractivity contribution is 5.81. The van der Waals surface area contributed by atoms with Gasteiger partial charge in [0.25, 0.3) is 0 Å². The van der Waals surface area contributed by atoms with Crippen LogP contribution in [0.3, 0.4) is 0 Å². The fourth-order valence-corrected chi connectivity index (χ4v) is 2.76. The van der Waals surface area contributed by atoms with E-state index in [0.29, 0.717) is 6.54 Å². The minimum atomic E-state index is 0.0586. The minimum Gasteiger partial charge on any atom is -0.352 e. The summed E-state index contributed by atoms with van der Waals surface area (Å²) in [6.07, 6.45) is 3.41. The van der Waals surface area contributed by atoms with Crippen LogP contribution >= 0.6 is 0 Å². The van der Waals surface area contributed by atoms with Crippen molar-refractivity contribution in [1.82, 2.24) is 14.9 Å². The number of carbonyl (C=O) groups excluding carboxylic acids is 1. The molecule has 1 atom stereocenters. The molecule has 1 aromatic carbocycles. The summed E-state index contributed by atoms with van der Waals surface area (Å²) in [6.45, 7) is 8.82. The van der Waals surface area contributed by atoms with E-state index in [9.17, 15) is 4.79 Å². The molecule has 0 bridgehead atoms. The molecule has 0 aliphatic heterocycles. The molecule has 1 N–H and O–H groups in total. The number of carbonyl (C=O) groups is 1. The molecule has 1 aromatic heterocycles. The number of hydrogen-bond acceptors (Lipinski definition) is 2. The Balaban J connectivity index is 1.92. The van der Waals surface area contributed by atoms with Gasteiger partial charge in [-0.15, -0.1) is 0 Å². The maximum absolute atomic E-state index is 12.3. The molecule has 1 heterocycles. The Kier molecular flexibility index (Phi) is 5.58. The number of aryl methyl sites for hydroxylation is 1. The Hall–Kier alpha value is -1.84. The molecule has 4 heteroatoms. The van der Waals surface area contributed by atoms with Crippen LogP contribution in [0, 0.1) is 12.8 Å². The van der Waals surface area contributed by atoms with Crippen LogP contribution in [-0.4, -0.2) is 21.5 Å². The topological polar surface area (TPSA) is 46.9 Å². The molecule has 2 aromatic rings. The van der Waals surface area contributed by atoms with Crippen LogP contribution in [0.1, 0.15) is 45.9 Å². The van der Waals surface area contributed by atoms with Crippen LogP contribution in [0.2, 0.25) is 0 Å². The van der Waals surface area contributed by atoms with Gasteiger partial charge in [-0.1, -0.05) is 38.8 Å². The molecule has 4 nitrogen and oxygen atoms in total. The number of para-hydroxylation sites is 2. The van der Waals surface area contributed by atoms with Crippen LogP contribution in [0.5, 0.6) is 0 Å². The first-order valence-corrected chi connectivity index (χ1v) is 8.18. The summed E-state index contributed by atoms with van der Waals surface area (Å²) in [5, 5.41) is 3.10. The number of nitrogens with one attached hydrogen (secondary N) is 1. The zero-order chi connectivity index (χ0) is 16.1. The lowest BCUT2D eigenvalue weighted by molar-refractivity contribution is -0.122. The van der Waals surface area contributed by atoms with E-state index in [0.717, 1.165) is 35.6 Å². The summed E-state index contributed by atoms with van der Waals surface area (Å²) < 4.78 is 1.98. The van der Waals surface area contributed by atoms with Crippen molar-refractivity contribution in [2.24, 2.45) is 5.92 Å². The number of rotatable bonds is 7. The predicted octanol–water partition coefficient (Wildman–Crippen LogP) is 3.68. The van der Waals surface area contributed by atoms with Crippen molar-refractivity contribution >= 4 is 16.9 Å². The van der Waals surface area contributed by atoms with Crippen LogP contribution in [-0.2, 0) is 11.3 Å². The summed E-state index contributed by atoms with van der Waals surface area (Å²) in [5.41, 5.74) is 1.96. The molecule has 0 aliphatic carbocycles. The van der Waals surface area contributed by atoms with E-state index in [1.807, 2.05) is 35.8 Å². The third-order valence-electron chi connectivity index (χ3n) is 3.97. The highest BCUT2D eigenvalue weighted by Gasteiger charge is 2.12. The van der Waals surface area contributed by atoms with E-state index in [-0.39, 0.29) is 11.9 Å². The van der Waals surface area contributed by atoms with Gasteiger partial charge in [0.15, 0.2) is 0 Å². The van der Waals surface area contributed by atoms with E-state index >= 15 is 0 Å². The van der Waals surface area contributed by atoms with Gasteiger partial charge in [0.1, 0.15) is 12.4 Å². The van der Waals surface area contributed by atoms with Gasteiger partial charge in [-0.3, -0.25) is 4.79 Å². The van der Waals surface area contributed by atoms with E-state index in [4.69, 9.17) is 0 Å². The smallest absolute Gasteiger partial charge is 0.240 e. The molecule has 1 amide bonds. The first-order chi connectivity index (χ1) is 10.5. The molecule has 0 spiro atoms. The maximum Gasteiger partial charge on any atom is 0.240 e. The first kappa shape index (κ1) is 16.5. The van der Waals surface area contributed by atoms with Gasteiger partial charge in [0.05, 0.1) is 11.0 Å². The summed E-state index contributed by atoms with van der Waals surface area (Å²) in [5.74, 6) is 1.66. The van der Waals surface area contributed by atoms with Gasteiger partial charge >= 0.3 is 0 Å². The zero-order valence-corrected chi connectivity index (χ0v) is 14.1. The summed E-state index contributed by atoms with van der Waals surface area (Å²) in [4.78, 5) is 16.8. The van der Waals surface area contributed by atoms with Crippen molar-refractivity contribution in [1.29, 1.82) is 0 Å². The molecule has 0 saturated carbocycles. The van der Waals surface area contributed by atoms with E-state index in [1.165, 1.54) is 6.42 Å². The molecule has 0 fully saturated rings. The van der Waals surface area contributed by atoms with Crippen LogP contribution < -0.4 is 5.32 Å². The molecule has 2 rings (SSSR count). The average molecular weight is 301 g/mol. The van der Waals surface area contributed by atoms with E-state index in [2.05, 4.69) is 31.1 Å². The SMILES string of the molecule is Cc1nc2ccccc2n1CC(=O)N[C@@H](C)CCCC(C)C. The van der Waals surface area contributed by atoms with Crippen molar-refractivity contribution in [3.05, 3.63) is 30.1 Å². The number of amides is 1. The Labute approximate surface area is 132 Å². The number of nitrogens with zero attached hydrogens (tertiary/aromatic N) is 2. The van der Waals surface area contributed by atoms with Gasteiger partial charge in [-0.2, -0.15) is 0 Å². The number of hydrogen-bond donors (Lipinski definition) is 1. The van der Waals surface area contributed by atoms with Crippen molar-refractivity contribution in [2.45, 2.75) is 59.5 Å². The highest BCUT2D eigenvalue weighted by atomic mass is 16.2. The Bertz CT molecular complexity index is 630. The fraction of sp³-hybridized carbons (Fsp3) is 0.556. The Morgan fingerprint density at radius 3 is 2.68 bits per heavy atom. The molecule has 0 saturated heterocycles. The second-order valence-electron chi connectivity index (χ2n) is 6.53. The fourth-order valence-electron chi connectivity index (χ4n) is 2.76. The lowest BCUT2D eigenvalue weighted by Gasteiger charge is -2.15. The van der Waals surface area contributed by atoms with Crippen LogP contribution in [0.4, 0.5) is 0 Å². The zero-order valence-electron chi connectivity index (χ0n) is 14.1. The van der Waals surface area contributed by atoms with Gasteiger partial charge in [0, 0.05) is 6.04 Å². The van der Waals surface area contributed by atoms with Crippen LogP contribution in [0.25, 0.3) is 11.0 Å². The summed E-state index contributed by atoms with van der Waals surface area (Å²) in [7, 11) is 0. The van der Waals surface area contributed by atoms with Gasteiger partial charge in [-0.25, -0.2) is 4.98 Å². The van der Waals surface area contributed by atoms with E-state index < -0.39 is 0 Å². The average Bonchev–Trinajstić information content (AvgIpc) is 2.74. The molecule has 0 unspecified atom stereocenters. The predicted molar refractivity (Wildman–Crippen MR) is 90.8 cm³/mol. The lowest BCUT2D eigenvalue weighted by Crippen LogP contribution is -2.35. The summed E-state index contributed by atoms with van der Waals surface area (Å²) >= 11 is 0. The van der Waals surface area contributed by atoms with Crippen molar-refractivity contribution < 1.29 is 4.79 Å². The number of fused-ring (bicyclic) bond motifs is 1. The monoisotopic (exact) mass is 301 g/mol. The third-order valence-corrected chi connectivity index (χ3v) is 3.97. The highest BCUT2D eigenvalue weighted by Crippen LogP contribution is 2.15. The standard InChI is InChI=1S/C18H27N3O/c1-13(2)8-7-9-14(3)19-18(22)12-21-15(4)20-16-10-5-6-11-17(16)21/h5-6,10-11,13-14H,7-9,12H2,1-4H3,(H,19,22)/t14-/m0/s1. The second-order valence-corrected chi connectivity index (χ2v) is 6.53. The quantitative estimate of drug-likeness (QED) is 0.848. The lowest BCUT2D eigenvalue weighted by atomic mass is 10.0. The largest absolute Gasteiger partial charge is 0.352 e. The number of imidazole rings is 1. The molecular formula is C18H27N3O. The Morgan fingerprint density at radius 1 is 1.23 bits per heavy atom. The molecule has 0 radical (unpaired) electrons. The van der Waals surface area contributed by atoms with E-state index in [1.54, 1.807) is 0 Å². The van der Waals surface area contributed by atoms with Crippen molar-refractivity contribution in [3.63, 3.8) is 0 Å². The second kappa shape index (κ2) is 7.43.